The number of para-hydroxylation sites is 2. The number of hydrogen-bond donors (Lipinski definition) is 2. The molecule has 0 aromatic heterocycles. The van der Waals surface area contributed by atoms with Gasteiger partial charge in [0.25, 0.3) is 0 Å². The van der Waals surface area contributed by atoms with E-state index >= 15 is 0 Å². The number of rotatable bonds is 8. The largest absolute Gasteiger partial charge is 0.486 e. The Hall–Kier alpha value is -1.43. The van der Waals surface area contributed by atoms with Crippen LogP contribution in [0.4, 0.5) is 13.2 Å². The normalized spacial score (nSPS) is 16.4. The molecule has 2 N–H and O–H groups in total. The number of fused-ring (bicyclic) bond motifs is 1. The van der Waals surface area contributed by atoms with Gasteiger partial charge in [-0.05, 0) is 25.5 Å². The first kappa shape index (κ1) is 23.6. The smallest absolute Gasteiger partial charge is 0.411 e. The molecule has 0 bridgehead atoms. The molecular formula is C17H25F3IN3O3. The van der Waals surface area contributed by atoms with Crippen molar-refractivity contribution in [1.82, 2.24) is 10.6 Å². The molecule has 0 spiro atoms. The van der Waals surface area contributed by atoms with Crippen LogP contribution in [0.25, 0.3) is 0 Å². The van der Waals surface area contributed by atoms with E-state index in [0.29, 0.717) is 44.4 Å². The van der Waals surface area contributed by atoms with E-state index in [1.54, 1.807) is 0 Å². The fourth-order valence-electron chi connectivity index (χ4n) is 2.26. The second-order valence-corrected chi connectivity index (χ2v) is 5.67. The lowest BCUT2D eigenvalue weighted by atomic mass is 10.2. The van der Waals surface area contributed by atoms with E-state index < -0.39 is 12.8 Å². The lowest BCUT2D eigenvalue weighted by Crippen LogP contribution is -2.40. The minimum Gasteiger partial charge on any atom is -0.486 e. The Bertz CT molecular complexity index is 588. The van der Waals surface area contributed by atoms with E-state index in [2.05, 4.69) is 20.4 Å². The minimum absolute atomic E-state index is 0. The Kier molecular flexibility index (Phi) is 10.6. The maximum Gasteiger partial charge on any atom is 0.411 e. The predicted octanol–water partition coefficient (Wildman–Crippen LogP) is 2.97. The van der Waals surface area contributed by atoms with Crippen molar-refractivity contribution in [2.45, 2.75) is 25.6 Å². The SMILES string of the molecule is CCNC(=NCC1COc2ccccc2O1)NCCCOCC(F)(F)F.I. The lowest BCUT2D eigenvalue weighted by Gasteiger charge is -2.25. The van der Waals surface area contributed by atoms with Crippen LogP contribution < -0.4 is 20.1 Å². The van der Waals surface area contributed by atoms with Gasteiger partial charge in [-0.3, -0.25) is 0 Å². The number of guanidine groups is 1. The van der Waals surface area contributed by atoms with Crippen LogP contribution in [0.3, 0.4) is 0 Å². The molecular weight excluding hydrogens is 478 g/mol. The highest BCUT2D eigenvalue weighted by Gasteiger charge is 2.27. The van der Waals surface area contributed by atoms with Gasteiger partial charge in [0.1, 0.15) is 13.2 Å². The molecule has 1 atom stereocenters. The summed E-state index contributed by atoms with van der Waals surface area (Å²) in [4.78, 5) is 4.44. The molecule has 27 heavy (non-hydrogen) atoms. The van der Waals surface area contributed by atoms with Crippen LogP contribution in [-0.4, -0.2) is 57.7 Å². The van der Waals surface area contributed by atoms with E-state index in [4.69, 9.17) is 9.47 Å². The van der Waals surface area contributed by atoms with Crippen molar-refractivity contribution in [2.75, 3.05) is 39.5 Å². The van der Waals surface area contributed by atoms with Crippen molar-refractivity contribution in [1.29, 1.82) is 0 Å². The summed E-state index contributed by atoms with van der Waals surface area (Å²) in [6, 6.07) is 7.45. The number of nitrogens with zero attached hydrogens (tertiary/aromatic N) is 1. The number of ether oxygens (including phenoxy) is 3. The molecule has 0 fully saturated rings. The minimum atomic E-state index is -4.29. The second-order valence-electron chi connectivity index (χ2n) is 5.67. The van der Waals surface area contributed by atoms with Gasteiger partial charge in [-0.2, -0.15) is 13.2 Å². The first-order chi connectivity index (χ1) is 12.5. The number of aliphatic imine (C=N–C) groups is 1. The molecule has 0 saturated heterocycles. The van der Waals surface area contributed by atoms with Crippen LogP contribution in [0.2, 0.25) is 0 Å². The molecule has 1 heterocycles. The molecule has 6 nitrogen and oxygen atoms in total. The van der Waals surface area contributed by atoms with Gasteiger partial charge in [0.05, 0.1) is 6.54 Å². The van der Waals surface area contributed by atoms with E-state index in [9.17, 15) is 13.2 Å². The summed E-state index contributed by atoms with van der Waals surface area (Å²) >= 11 is 0. The summed E-state index contributed by atoms with van der Waals surface area (Å²) in [5.74, 6) is 1.99. The van der Waals surface area contributed by atoms with Crippen molar-refractivity contribution in [3.05, 3.63) is 24.3 Å². The third-order valence-electron chi connectivity index (χ3n) is 3.39. The number of benzene rings is 1. The summed E-state index contributed by atoms with van der Waals surface area (Å²) in [7, 11) is 0. The van der Waals surface area contributed by atoms with Gasteiger partial charge in [-0.25, -0.2) is 4.99 Å². The highest BCUT2D eigenvalue weighted by Crippen LogP contribution is 2.30. The first-order valence-corrected chi connectivity index (χ1v) is 8.53. The number of alkyl halides is 3. The van der Waals surface area contributed by atoms with Crippen LogP contribution in [0.15, 0.2) is 29.3 Å². The molecule has 0 aliphatic carbocycles. The first-order valence-electron chi connectivity index (χ1n) is 8.53. The zero-order valence-electron chi connectivity index (χ0n) is 15.1. The molecule has 10 heteroatoms. The molecule has 154 valence electrons. The van der Waals surface area contributed by atoms with Gasteiger partial charge in [0.15, 0.2) is 23.6 Å². The molecule has 0 amide bonds. The maximum absolute atomic E-state index is 12.0. The standard InChI is InChI=1S/C17H24F3N3O3.HI/c1-2-21-16(22-8-5-9-24-12-17(18,19)20)23-10-13-11-25-14-6-3-4-7-15(14)26-13;/h3-4,6-7,13H,2,5,8-12H2,1H3,(H2,21,22,23);1H. The van der Waals surface area contributed by atoms with Gasteiger partial charge in [-0.15, -0.1) is 24.0 Å². The quantitative estimate of drug-likeness (QED) is 0.247. The average Bonchev–Trinajstić information content (AvgIpc) is 2.61. The van der Waals surface area contributed by atoms with Crippen molar-refractivity contribution in [3.63, 3.8) is 0 Å². The highest BCUT2D eigenvalue weighted by molar-refractivity contribution is 14.0. The van der Waals surface area contributed by atoms with Crippen LogP contribution in [-0.2, 0) is 4.74 Å². The molecule has 1 aliphatic heterocycles. The van der Waals surface area contributed by atoms with Crippen LogP contribution >= 0.6 is 24.0 Å². The third kappa shape index (κ3) is 9.36. The van der Waals surface area contributed by atoms with E-state index in [1.807, 2.05) is 31.2 Å². The fraction of sp³-hybridized carbons (Fsp3) is 0.588. The fourth-order valence-corrected chi connectivity index (χ4v) is 2.26. The monoisotopic (exact) mass is 503 g/mol. The van der Waals surface area contributed by atoms with Crippen LogP contribution in [0.5, 0.6) is 11.5 Å². The van der Waals surface area contributed by atoms with Gasteiger partial charge in [0, 0.05) is 19.7 Å². The Morgan fingerprint density at radius 2 is 2.00 bits per heavy atom. The summed E-state index contributed by atoms with van der Waals surface area (Å²) in [5.41, 5.74) is 0. The molecule has 1 aliphatic rings. The number of hydrogen-bond acceptors (Lipinski definition) is 4. The topological polar surface area (TPSA) is 64.1 Å². The van der Waals surface area contributed by atoms with Crippen LogP contribution in [0, 0.1) is 0 Å². The van der Waals surface area contributed by atoms with E-state index in [1.165, 1.54) is 0 Å². The molecule has 0 saturated carbocycles. The van der Waals surface area contributed by atoms with Gasteiger partial charge in [-0.1, -0.05) is 12.1 Å². The Labute approximate surface area is 173 Å². The van der Waals surface area contributed by atoms with Crippen LogP contribution in [0.1, 0.15) is 13.3 Å². The summed E-state index contributed by atoms with van der Waals surface area (Å²) in [6.07, 6.45) is -4.04. The van der Waals surface area contributed by atoms with Gasteiger partial charge < -0.3 is 24.8 Å². The molecule has 2 rings (SSSR count). The summed E-state index contributed by atoms with van der Waals surface area (Å²) in [5, 5.41) is 6.14. The Morgan fingerprint density at radius 3 is 2.70 bits per heavy atom. The summed E-state index contributed by atoms with van der Waals surface area (Å²) < 4.78 is 52.0. The average molecular weight is 503 g/mol. The highest BCUT2D eigenvalue weighted by atomic mass is 127. The van der Waals surface area contributed by atoms with Gasteiger partial charge >= 0.3 is 6.18 Å². The van der Waals surface area contributed by atoms with Crippen molar-refractivity contribution in [3.8, 4) is 11.5 Å². The van der Waals surface area contributed by atoms with Crippen molar-refractivity contribution in [2.24, 2.45) is 4.99 Å². The number of nitrogens with one attached hydrogen (secondary N) is 2. The van der Waals surface area contributed by atoms with E-state index in [-0.39, 0.29) is 36.7 Å². The third-order valence-corrected chi connectivity index (χ3v) is 3.39. The Morgan fingerprint density at radius 1 is 1.26 bits per heavy atom. The lowest BCUT2D eigenvalue weighted by molar-refractivity contribution is -0.173. The molecule has 0 radical (unpaired) electrons. The summed E-state index contributed by atoms with van der Waals surface area (Å²) in [6.45, 7) is 2.67. The Balaban J connectivity index is 0.00000364. The van der Waals surface area contributed by atoms with Crippen molar-refractivity contribution < 1.29 is 27.4 Å². The second kappa shape index (κ2) is 12.1. The predicted molar refractivity (Wildman–Crippen MR) is 107 cm³/mol. The zero-order chi connectivity index (χ0) is 18.8. The maximum atomic E-state index is 12.0. The number of halogens is 4. The zero-order valence-corrected chi connectivity index (χ0v) is 17.4. The molecule has 1 unspecified atom stereocenters. The molecule has 1 aromatic rings. The molecule has 1 aromatic carbocycles. The van der Waals surface area contributed by atoms with Crippen molar-refractivity contribution >= 4 is 29.9 Å². The van der Waals surface area contributed by atoms with Gasteiger partial charge in [0.2, 0.25) is 0 Å². The van der Waals surface area contributed by atoms with E-state index in [0.717, 1.165) is 5.75 Å².